The van der Waals surface area contributed by atoms with Gasteiger partial charge in [0.1, 0.15) is 5.17 Å². The van der Waals surface area contributed by atoms with Crippen molar-refractivity contribution in [3.05, 3.63) is 59.5 Å². The van der Waals surface area contributed by atoms with Crippen LogP contribution in [-0.4, -0.2) is 38.0 Å². The monoisotopic (exact) mass is 389 g/mol. The first-order valence-corrected chi connectivity index (χ1v) is 8.39. The van der Waals surface area contributed by atoms with Crippen LogP contribution in [0.15, 0.2) is 53.9 Å². The van der Waals surface area contributed by atoms with Gasteiger partial charge in [-0.3, -0.25) is 15.6 Å². The summed E-state index contributed by atoms with van der Waals surface area (Å²) in [6, 6.07) is 5.25. The summed E-state index contributed by atoms with van der Waals surface area (Å²) in [4.78, 5) is 11.9. The van der Waals surface area contributed by atoms with Crippen LogP contribution in [0.2, 0.25) is 0 Å². The van der Waals surface area contributed by atoms with Gasteiger partial charge in [-0.2, -0.15) is 0 Å². The Morgan fingerprint density at radius 3 is 2.48 bits per heavy atom. The van der Waals surface area contributed by atoms with Crippen LogP contribution in [-0.2, 0) is 4.79 Å². The molecule has 1 aromatic rings. The van der Waals surface area contributed by atoms with E-state index in [0.29, 0.717) is 17.0 Å². The molecule has 0 radical (unpaired) electrons. The summed E-state index contributed by atoms with van der Waals surface area (Å²) < 4.78 is 5.50. The zero-order chi connectivity index (χ0) is 20.6. The molecule has 0 spiro atoms. The molecule has 1 amide bonds. The summed E-state index contributed by atoms with van der Waals surface area (Å²) in [5.74, 6) is 0.00499. The van der Waals surface area contributed by atoms with Gasteiger partial charge >= 0.3 is 0 Å². The van der Waals surface area contributed by atoms with Gasteiger partial charge in [0.15, 0.2) is 5.75 Å². The van der Waals surface area contributed by atoms with Gasteiger partial charge < -0.3 is 20.7 Å². The highest BCUT2D eigenvalue weighted by Gasteiger charge is 2.17. The molecule has 8 heteroatoms. The highest BCUT2D eigenvalue weighted by molar-refractivity contribution is 6.67. The van der Waals surface area contributed by atoms with Crippen molar-refractivity contribution < 1.29 is 9.53 Å². The fraction of sp³-hybridized carbons (Fsp3) is 0.211. The number of benzene rings is 1. The van der Waals surface area contributed by atoms with E-state index < -0.39 is 5.91 Å². The Balaban J connectivity index is 3.41. The maximum absolute atomic E-state index is 11.9. The van der Waals surface area contributed by atoms with Crippen molar-refractivity contribution >= 4 is 34.1 Å². The lowest BCUT2D eigenvalue weighted by atomic mass is 10.0. The van der Waals surface area contributed by atoms with E-state index in [2.05, 4.69) is 22.5 Å². The second kappa shape index (κ2) is 10.2. The number of nitrogens with one attached hydrogen (secondary N) is 5. The third kappa shape index (κ3) is 5.72. The quantitative estimate of drug-likeness (QED) is 0.254. The minimum Gasteiger partial charge on any atom is -0.494 e. The van der Waals surface area contributed by atoms with E-state index in [-0.39, 0.29) is 22.2 Å². The summed E-state index contributed by atoms with van der Waals surface area (Å²) in [5.41, 5.74) is 2.44. The molecule has 0 aliphatic rings. The number of amides is 1. The minimum absolute atomic E-state index is 0.108. The highest BCUT2D eigenvalue weighted by Crippen LogP contribution is 2.32. The predicted octanol–water partition coefficient (Wildman–Crippen LogP) is 3.00. The third-order valence-corrected chi connectivity index (χ3v) is 3.72. The molecule has 0 saturated carbocycles. The fourth-order valence-electron chi connectivity index (χ4n) is 2.30. The Bertz CT molecular complexity index is 827. The summed E-state index contributed by atoms with van der Waals surface area (Å²) in [7, 11) is 4.74. The standard InChI is InChI=1S/C19H24ClN5O2/c1-11(10-23-3)17(22)13-7-6-8-14(18(13)27-5)25-15(9-16(20)21)12(2)19(26)24-4/h6-10,21-23,25H,2H2,1,3-5H3,(H,24,26)/b11-10-,15-9+,21-16?,22-17?. The summed E-state index contributed by atoms with van der Waals surface area (Å²) in [5, 5.41) is 24.0. The molecule has 5 N–H and O–H groups in total. The molecule has 0 unspecified atom stereocenters. The predicted molar refractivity (Wildman–Crippen MR) is 111 cm³/mol. The lowest BCUT2D eigenvalue weighted by Gasteiger charge is -2.18. The average Bonchev–Trinajstić information content (AvgIpc) is 2.65. The van der Waals surface area contributed by atoms with Gasteiger partial charge in [0.2, 0.25) is 0 Å². The molecule has 27 heavy (non-hydrogen) atoms. The van der Waals surface area contributed by atoms with Gasteiger partial charge in [0.25, 0.3) is 5.91 Å². The van der Waals surface area contributed by atoms with Crippen LogP contribution < -0.4 is 20.7 Å². The van der Waals surface area contributed by atoms with Crippen LogP contribution in [0.4, 0.5) is 5.69 Å². The van der Waals surface area contributed by atoms with Crippen molar-refractivity contribution in [2.75, 3.05) is 26.5 Å². The first-order chi connectivity index (χ1) is 12.8. The molecule has 0 heterocycles. The van der Waals surface area contributed by atoms with Crippen molar-refractivity contribution in [1.29, 1.82) is 10.8 Å². The van der Waals surface area contributed by atoms with Crippen LogP contribution in [0, 0.1) is 10.8 Å². The van der Waals surface area contributed by atoms with Gasteiger partial charge in [-0.15, -0.1) is 0 Å². The van der Waals surface area contributed by atoms with Crippen molar-refractivity contribution in [3.63, 3.8) is 0 Å². The SMILES string of the molecule is C=C(C(=O)NC)/C(=C\C(=N)Cl)Nc1cccc(C(=N)/C(C)=C\NC)c1OC. The van der Waals surface area contributed by atoms with Crippen molar-refractivity contribution in [2.24, 2.45) is 0 Å². The van der Waals surface area contributed by atoms with Crippen molar-refractivity contribution in [3.8, 4) is 5.75 Å². The normalized spacial score (nSPS) is 11.4. The minimum atomic E-state index is -0.415. The largest absolute Gasteiger partial charge is 0.494 e. The van der Waals surface area contributed by atoms with Crippen LogP contribution in [0.3, 0.4) is 0 Å². The molecule has 7 nitrogen and oxygen atoms in total. The van der Waals surface area contributed by atoms with E-state index in [1.54, 1.807) is 31.4 Å². The van der Waals surface area contributed by atoms with E-state index in [9.17, 15) is 4.79 Å². The second-order valence-electron chi connectivity index (χ2n) is 5.47. The molecule has 0 saturated heterocycles. The maximum Gasteiger partial charge on any atom is 0.252 e. The molecule has 0 aromatic heterocycles. The number of hydrogen-bond acceptors (Lipinski definition) is 6. The molecular weight excluding hydrogens is 366 g/mol. The van der Waals surface area contributed by atoms with Crippen LogP contribution >= 0.6 is 11.6 Å². The highest BCUT2D eigenvalue weighted by atomic mass is 35.5. The lowest BCUT2D eigenvalue weighted by Crippen LogP contribution is -2.23. The molecule has 1 aromatic carbocycles. The Kier molecular flexibility index (Phi) is 8.29. The topological polar surface area (TPSA) is 110 Å². The molecule has 0 bridgehead atoms. The van der Waals surface area contributed by atoms with Gasteiger partial charge in [0.05, 0.1) is 29.8 Å². The maximum atomic E-state index is 11.9. The van der Waals surface area contributed by atoms with Gasteiger partial charge in [-0.25, -0.2) is 0 Å². The number of carbonyl (C=O) groups excluding carboxylic acids is 1. The van der Waals surface area contributed by atoms with E-state index in [0.717, 1.165) is 5.57 Å². The number of methoxy groups -OCH3 is 1. The number of para-hydroxylation sites is 1. The van der Waals surface area contributed by atoms with Crippen LogP contribution in [0.25, 0.3) is 0 Å². The Hall–Kier alpha value is -3.06. The van der Waals surface area contributed by atoms with E-state index >= 15 is 0 Å². The van der Waals surface area contributed by atoms with E-state index in [1.807, 2.05) is 6.92 Å². The first-order valence-electron chi connectivity index (χ1n) is 8.01. The molecular formula is C19H24ClN5O2. The number of ether oxygens (including phenoxy) is 1. The number of halogens is 1. The Morgan fingerprint density at radius 1 is 1.30 bits per heavy atom. The molecule has 0 atom stereocenters. The number of allylic oxidation sites excluding steroid dienone is 2. The Labute approximate surface area is 164 Å². The lowest BCUT2D eigenvalue weighted by molar-refractivity contribution is -0.116. The van der Waals surface area contributed by atoms with E-state index in [1.165, 1.54) is 20.2 Å². The van der Waals surface area contributed by atoms with Crippen LogP contribution in [0.5, 0.6) is 5.75 Å². The molecule has 144 valence electrons. The summed E-state index contributed by atoms with van der Waals surface area (Å²) in [6.45, 7) is 5.55. The van der Waals surface area contributed by atoms with Gasteiger partial charge in [-0.1, -0.05) is 24.2 Å². The molecule has 0 fully saturated rings. The van der Waals surface area contributed by atoms with Crippen LogP contribution in [0.1, 0.15) is 12.5 Å². The van der Waals surface area contributed by atoms with Gasteiger partial charge in [0, 0.05) is 25.9 Å². The number of anilines is 1. The smallest absolute Gasteiger partial charge is 0.252 e. The Morgan fingerprint density at radius 2 is 1.96 bits per heavy atom. The molecule has 1 rings (SSSR count). The zero-order valence-electron chi connectivity index (χ0n) is 15.8. The average molecular weight is 390 g/mol. The van der Waals surface area contributed by atoms with Gasteiger partial charge in [-0.05, 0) is 30.7 Å². The second-order valence-corrected chi connectivity index (χ2v) is 5.87. The zero-order valence-corrected chi connectivity index (χ0v) is 16.5. The number of hydrogen-bond donors (Lipinski definition) is 5. The molecule has 0 aliphatic carbocycles. The van der Waals surface area contributed by atoms with Crippen molar-refractivity contribution in [1.82, 2.24) is 10.6 Å². The number of carbonyl (C=O) groups is 1. The summed E-state index contributed by atoms with van der Waals surface area (Å²) >= 11 is 5.68. The third-order valence-electron chi connectivity index (χ3n) is 3.61. The van der Waals surface area contributed by atoms with Crippen molar-refractivity contribution in [2.45, 2.75) is 6.92 Å². The summed E-state index contributed by atoms with van der Waals surface area (Å²) in [6.07, 6.45) is 3.00. The molecule has 0 aliphatic heterocycles. The number of likely N-dealkylation sites (N-methyl/N-ethyl adjacent to an activating group) is 1. The van der Waals surface area contributed by atoms with E-state index in [4.69, 9.17) is 27.2 Å². The number of rotatable bonds is 9. The first kappa shape index (κ1) is 22.0. The fourth-order valence-corrected chi connectivity index (χ4v) is 2.41.